The van der Waals surface area contributed by atoms with Gasteiger partial charge in [0.05, 0.1) is 17.3 Å². The Kier molecular flexibility index (Phi) is 4.46. The number of nitrogen functional groups attached to an aromatic ring is 1. The van der Waals surface area contributed by atoms with Gasteiger partial charge in [0.2, 0.25) is 0 Å². The minimum atomic E-state index is 0.211. The van der Waals surface area contributed by atoms with Gasteiger partial charge in [-0.1, -0.05) is 48.5 Å². The maximum Gasteiger partial charge on any atom is 0.140 e. The second-order valence-electron chi connectivity index (χ2n) is 7.86. The van der Waals surface area contributed by atoms with Crippen molar-refractivity contribution in [2.24, 2.45) is 11.7 Å². The molecule has 0 unspecified atom stereocenters. The number of rotatable bonds is 4. The highest BCUT2D eigenvalue weighted by molar-refractivity contribution is 5.87. The summed E-state index contributed by atoms with van der Waals surface area (Å²) < 4.78 is 1.80. The van der Waals surface area contributed by atoms with Crippen LogP contribution in [0.4, 0.5) is 5.82 Å². The summed E-state index contributed by atoms with van der Waals surface area (Å²) in [7, 11) is 0. The third kappa shape index (κ3) is 3.00. The molecule has 1 fully saturated rings. The van der Waals surface area contributed by atoms with E-state index in [0.717, 1.165) is 40.6 Å². The monoisotopic (exact) mass is 394 g/mol. The molecule has 1 aliphatic rings. The molecule has 2 aromatic carbocycles. The minimum Gasteiger partial charge on any atom is -0.383 e. The van der Waals surface area contributed by atoms with E-state index >= 15 is 0 Å². The predicted molar refractivity (Wildman–Crippen MR) is 118 cm³/mol. The SMILES string of the molecule is N#Cc1c(-c2ccc3ccc(-c4ccccc4)nc3c2)nn(C2CC(CN)C2)c1N. The van der Waals surface area contributed by atoms with Crippen LogP contribution in [0.2, 0.25) is 0 Å². The fourth-order valence-corrected chi connectivity index (χ4v) is 4.16. The number of fused-ring (bicyclic) bond motifs is 1. The average Bonchev–Trinajstić information content (AvgIpc) is 3.09. The van der Waals surface area contributed by atoms with E-state index in [1.165, 1.54) is 0 Å². The molecule has 1 aliphatic carbocycles. The zero-order chi connectivity index (χ0) is 20.7. The van der Waals surface area contributed by atoms with Crippen LogP contribution in [0, 0.1) is 17.2 Å². The van der Waals surface area contributed by atoms with Gasteiger partial charge in [0, 0.05) is 16.5 Å². The minimum absolute atomic E-state index is 0.211. The van der Waals surface area contributed by atoms with Gasteiger partial charge in [0.1, 0.15) is 23.1 Å². The summed E-state index contributed by atoms with van der Waals surface area (Å²) in [5.74, 6) is 0.938. The third-order valence-electron chi connectivity index (χ3n) is 5.98. The molecule has 2 heterocycles. The van der Waals surface area contributed by atoms with Crippen LogP contribution in [0.15, 0.2) is 60.7 Å². The van der Waals surface area contributed by atoms with Gasteiger partial charge < -0.3 is 11.5 Å². The van der Waals surface area contributed by atoms with Gasteiger partial charge in [-0.25, -0.2) is 9.67 Å². The molecular formula is C24H22N6. The summed E-state index contributed by atoms with van der Waals surface area (Å²) in [6.45, 7) is 0.676. The van der Waals surface area contributed by atoms with Crippen molar-refractivity contribution in [3.63, 3.8) is 0 Å². The summed E-state index contributed by atoms with van der Waals surface area (Å²) in [6, 6.07) is 22.6. The molecule has 0 spiro atoms. The number of hydrogen-bond donors (Lipinski definition) is 2. The van der Waals surface area contributed by atoms with E-state index in [1.54, 1.807) is 4.68 Å². The van der Waals surface area contributed by atoms with E-state index in [2.05, 4.69) is 12.1 Å². The Bertz CT molecular complexity index is 1260. The summed E-state index contributed by atoms with van der Waals surface area (Å²) in [4.78, 5) is 4.84. The number of pyridine rings is 1. The smallest absolute Gasteiger partial charge is 0.140 e. The first-order chi connectivity index (χ1) is 14.7. The van der Waals surface area contributed by atoms with Gasteiger partial charge in [0.25, 0.3) is 0 Å². The van der Waals surface area contributed by atoms with E-state index in [1.807, 2.05) is 54.6 Å². The number of nitrogens with two attached hydrogens (primary N) is 2. The van der Waals surface area contributed by atoms with Crippen LogP contribution in [-0.4, -0.2) is 21.3 Å². The van der Waals surface area contributed by atoms with Crippen molar-refractivity contribution in [3.05, 3.63) is 66.2 Å². The Morgan fingerprint density at radius 3 is 2.53 bits per heavy atom. The first kappa shape index (κ1) is 18.3. The molecule has 2 aromatic heterocycles. The normalized spacial score (nSPS) is 18.1. The lowest BCUT2D eigenvalue weighted by molar-refractivity contribution is 0.193. The summed E-state index contributed by atoms with van der Waals surface area (Å²) in [6.07, 6.45) is 1.90. The van der Waals surface area contributed by atoms with Crippen molar-refractivity contribution in [3.8, 4) is 28.6 Å². The maximum atomic E-state index is 9.73. The second kappa shape index (κ2) is 7.29. The molecule has 5 rings (SSSR count). The molecule has 6 heteroatoms. The van der Waals surface area contributed by atoms with Gasteiger partial charge in [-0.3, -0.25) is 0 Å². The van der Waals surface area contributed by atoms with Crippen molar-refractivity contribution in [1.82, 2.24) is 14.8 Å². The van der Waals surface area contributed by atoms with E-state index in [4.69, 9.17) is 21.5 Å². The summed E-state index contributed by atoms with van der Waals surface area (Å²) >= 11 is 0. The van der Waals surface area contributed by atoms with Crippen LogP contribution in [0.25, 0.3) is 33.4 Å². The van der Waals surface area contributed by atoms with Crippen molar-refractivity contribution >= 4 is 16.7 Å². The van der Waals surface area contributed by atoms with E-state index < -0.39 is 0 Å². The van der Waals surface area contributed by atoms with Crippen LogP contribution in [-0.2, 0) is 0 Å². The van der Waals surface area contributed by atoms with Crippen molar-refractivity contribution in [2.75, 3.05) is 12.3 Å². The Morgan fingerprint density at radius 1 is 1.03 bits per heavy atom. The molecule has 1 saturated carbocycles. The molecule has 0 amide bonds. The summed E-state index contributed by atoms with van der Waals surface area (Å²) in [5.41, 5.74) is 16.8. The quantitative estimate of drug-likeness (QED) is 0.541. The third-order valence-corrected chi connectivity index (χ3v) is 5.98. The highest BCUT2D eigenvalue weighted by Gasteiger charge is 2.33. The Labute approximate surface area is 174 Å². The Hall–Kier alpha value is -3.69. The van der Waals surface area contributed by atoms with Crippen molar-refractivity contribution in [2.45, 2.75) is 18.9 Å². The lowest BCUT2D eigenvalue weighted by atomic mass is 9.80. The largest absolute Gasteiger partial charge is 0.383 e. The lowest BCUT2D eigenvalue weighted by Crippen LogP contribution is -2.33. The molecule has 148 valence electrons. The molecule has 0 aliphatic heterocycles. The van der Waals surface area contributed by atoms with Crippen molar-refractivity contribution < 1.29 is 0 Å². The highest BCUT2D eigenvalue weighted by atomic mass is 15.3. The van der Waals surface area contributed by atoms with Gasteiger partial charge in [-0.05, 0) is 37.4 Å². The fraction of sp³-hybridized carbons (Fsp3) is 0.208. The number of hydrogen-bond acceptors (Lipinski definition) is 5. The zero-order valence-electron chi connectivity index (χ0n) is 16.5. The van der Waals surface area contributed by atoms with Crippen molar-refractivity contribution in [1.29, 1.82) is 5.26 Å². The van der Waals surface area contributed by atoms with Gasteiger partial charge >= 0.3 is 0 Å². The molecule has 0 atom stereocenters. The molecule has 0 saturated heterocycles. The molecule has 6 nitrogen and oxygen atoms in total. The van der Waals surface area contributed by atoms with Gasteiger partial charge in [0.15, 0.2) is 0 Å². The number of aromatic nitrogens is 3. The average molecular weight is 394 g/mol. The second-order valence-corrected chi connectivity index (χ2v) is 7.86. The first-order valence-electron chi connectivity index (χ1n) is 10.1. The number of nitriles is 1. The molecule has 4 aromatic rings. The standard InChI is InChI=1S/C24H22N6/c25-13-15-10-19(11-15)30-24(27)20(14-26)23(29-30)18-7-6-17-8-9-21(28-22(17)12-18)16-4-2-1-3-5-16/h1-9,12,15,19H,10-11,13,25,27H2. The zero-order valence-corrected chi connectivity index (χ0v) is 16.5. The van der Waals surface area contributed by atoms with Crippen LogP contribution >= 0.6 is 0 Å². The highest BCUT2D eigenvalue weighted by Crippen LogP contribution is 2.40. The first-order valence-corrected chi connectivity index (χ1v) is 10.1. The number of benzene rings is 2. The molecule has 0 bridgehead atoms. The lowest BCUT2D eigenvalue weighted by Gasteiger charge is -2.34. The van der Waals surface area contributed by atoms with Crippen LogP contribution in [0.3, 0.4) is 0 Å². The molecule has 0 radical (unpaired) electrons. The van der Waals surface area contributed by atoms with Crippen LogP contribution in [0.1, 0.15) is 24.4 Å². The molecule has 4 N–H and O–H groups in total. The van der Waals surface area contributed by atoms with Crippen LogP contribution < -0.4 is 11.5 Å². The van der Waals surface area contributed by atoms with Gasteiger partial charge in [-0.15, -0.1) is 0 Å². The maximum absolute atomic E-state index is 9.73. The summed E-state index contributed by atoms with van der Waals surface area (Å²) in [5, 5.41) is 15.5. The molecule has 30 heavy (non-hydrogen) atoms. The Balaban J connectivity index is 1.57. The van der Waals surface area contributed by atoms with E-state index in [0.29, 0.717) is 29.5 Å². The topological polar surface area (TPSA) is 107 Å². The van der Waals surface area contributed by atoms with E-state index in [9.17, 15) is 5.26 Å². The molecular weight excluding hydrogens is 372 g/mol. The Morgan fingerprint density at radius 2 is 1.80 bits per heavy atom. The number of anilines is 1. The fourth-order valence-electron chi connectivity index (χ4n) is 4.16. The predicted octanol–water partition coefficient (Wildman–Crippen LogP) is 4.13. The van der Waals surface area contributed by atoms with Gasteiger partial charge in [-0.2, -0.15) is 10.4 Å². The van der Waals surface area contributed by atoms with E-state index in [-0.39, 0.29) is 6.04 Å². The number of nitrogens with zero attached hydrogens (tertiary/aromatic N) is 4. The van der Waals surface area contributed by atoms with Crippen LogP contribution in [0.5, 0.6) is 0 Å².